The second-order valence-corrected chi connectivity index (χ2v) is 6.22. The molecule has 1 aromatic rings. The van der Waals surface area contributed by atoms with E-state index in [0.717, 1.165) is 13.1 Å². The van der Waals surface area contributed by atoms with Crippen LogP contribution in [0, 0.1) is 0 Å². The zero-order valence-electron chi connectivity index (χ0n) is 12.5. The molecule has 1 fully saturated rings. The lowest BCUT2D eigenvalue weighted by molar-refractivity contribution is 0.00879. The van der Waals surface area contributed by atoms with Gasteiger partial charge in [-0.25, -0.2) is 0 Å². The molecule has 7 heteroatoms. The summed E-state index contributed by atoms with van der Waals surface area (Å²) in [6.07, 6.45) is -0.620. The molecule has 0 aromatic heterocycles. The Balaban J connectivity index is 1.91. The third-order valence-corrected chi connectivity index (χ3v) is 4.13. The van der Waals surface area contributed by atoms with Crippen LogP contribution in [0.4, 0.5) is 0 Å². The molecule has 0 saturated carbocycles. The summed E-state index contributed by atoms with van der Waals surface area (Å²) < 4.78 is 5.27. The number of hydrogen-bond donors (Lipinski definition) is 1. The molecule has 1 amide bonds. The Morgan fingerprint density at radius 1 is 1.41 bits per heavy atom. The lowest BCUT2D eigenvalue weighted by Gasteiger charge is -2.30. The number of hydrogen-bond acceptors (Lipinski definition) is 4. The Kier molecular flexibility index (Phi) is 6.47. The van der Waals surface area contributed by atoms with Crippen LogP contribution in [0.15, 0.2) is 18.2 Å². The number of aliphatic hydroxyl groups is 1. The molecule has 5 nitrogen and oxygen atoms in total. The van der Waals surface area contributed by atoms with Gasteiger partial charge in [0.25, 0.3) is 5.91 Å². The molecule has 1 unspecified atom stereocenters. The summed E-state index contributed by atoms with van der Waals surface area (Å²) in [6, 6.07) is 4.76. The van der Waals surface area contributed by atoms with Crippen LogP contribution in [0.3, 0.4) is 0 Å². The number of rotatable bonds is 5. The number of β-amino-alcohol motifs (C(OH)–C–C–N with tert-alkyl or cyclic N) is 1. The fourth-order valence-corrected chi connectivity index (χ4v) is 2.78. The van der Waals surface area contributed by atoms with Crippen molar-refractivity contribution in [2.75, 3.05) is 46.4 Å². The highest BCUT2D eigenvalue weighted by atomic mass is 35.5. The molecule has 22 heavy (non-hydrogen) atoms. The Morgan fingerprint density at radius 3 is 2.77 bits per heavy atom. The van der Waals surface area contributed by atoms with Crippen LogP contribution in [0.2, 0.25) is 10.0 Å². The van der Waals surface area contributed by atoms with Crippen molar-refractivity contribution < 1.29 is 14.6 Å². The van der Waals surface area contributed by atoms with Crippen LogP contribution in [-0.4, -0.2) is 73.4 Å². The maximum absolute atomic E-state index is 12.4. The van der Waals surface area contributed by atoms with E-state index in [4.69, 9.17) is 27.9 Å². The Hall–Kier alpha value is -0.850. The number of nitrogens with zero attached hydrogens (tertiary/aromatic N) is 2. The summed E-state index contributed by atoms with van der Waals surface area (Å²) in [5, 5.41) is 11.0. The molecule has 1 aliphatic rings. The molecule has 1 aliphatic heterocycles. The van der Waals surface area contributed by atoms with Crippen LogP contribution in [0.5, 0.6) is 0 Å². The van der Waals surface area contributed by atoms with Gasteiger partial charge in [0, 0.05) is 38.2 Å². The predicted octanol–water partition coefficient (Wildman–Crippen LogP) is 1.76. The van der Waals surface area contributed by atoms with E-state index in [2.05, 4.69) is 4.90 Å². The van der Waals surface area contributed by atoms with E-state index in [-0.39, 0.29) is 12.5 Å². The molecular formula is C15H20Cl2N2O3. The van der Waals surface area contributed by atoms with Crippen LogP contribution < -0.4 is 0 Å². The SMILES string of the molecule is CN(CC(O)CN1CCOCC1)C(=O)c1cc(Cl)ccc1Cl. The van der Waals surface area contributed by atoms with Gasteiger partial charge < -0.3 is 14.7 Å². The Bertz CT molecular complexity index is 522. The van der Waals surface area contributed by atoms with Gasteiger partial charge in [0.05, 0.1) is 29.9 Å². The van der Waals surface area contributed by atoms with E-state index in [9.17, 15) is 9.90 Å². The second-order valence-electron chi connectivity index (χ2n) is 5.38. The van der Waals surface area contributed by atoms with Crippen molar-refractivity contribution in [2.24, 2.45) is 0 Å². The minimum absolute atomic E-state index is 0.235. The highest BCUT2D eigenvalue weighted by Crippen LogP contribution is 2.21. The summed E-state index contributed by atoms with van der Waals surface area (Å²) >= 11 is 11.9. The van der Waals surface area contributed by atoms with Crippen molar-refractivity contribution in [3.8, 4) is 0 Å². The third-order valence-electron chi connectivity index (χ3n) is 3.56. The topological polar surface area (TPSA) is 53.0 Å². The van der Waals surface area contributed by atoms with E-state index < -0.39 is 6.10 Å². The fourth-order valence-electron chi connectivity index (χ4n) is 2.41. The van der Waals surface area contributed by atoms with Gasteiger partial charge in [-0.1, -0.05) is 23.2 Å². The van der Waals surface area contributed by atoms with Gasteiger partial charge in [-0.05, 0) is 18.2 Å². The molecule has 1 heterocycles. The largest absolute Gasteiger partial charge is 0.390 e. The van der Waals surface area contributed by atoms with Crippen LogP contribution in [0.25, 0.3) is 0 Å². The van der Waals surface area contributed by atoms with Gasteiger partial charge in [-0.3, -0.25) is 9.69 Å². The Morgan fingerprint density at radius 2 is 2.09 bits per heavy atom. The first-order valence-corrected chi connectivity index (χ1v) is 7.91. The van der Waals surface area contributed by atoms with Crippen molar-refractivity contribution in [1.29, 1.82) is 0 Å². The smallest absolute Gasteiger partial charge is 0.255 e. The van der Waals surface area contributed by atoms with Crippen molar-refractivity contribution in [3.63, 3.8) is 0 Å². The van der Waals surface area contributed by atoms with Crippen molar-refractivity contribution in [2.45, 2.75) is 6.10 Å². The van der Waals surface area contributed by atoms with E-state index in [0.29, 0.717) is 35.4 Å². The minimum atomic E-state index is -0.620. The summed E-state index contributed by atoms with van der Waals surface area (Å²) in [5.74, 6) is -0.256. The number of likely N-dealkylation sites (N-methyl/N-ethyl adjacent to an activating group) is 1. The van der Waals surface area contributed by atoms with Crippen LogP contribution in [0.1, 0.15) is 10.4 Å². The number of carbonyl (C=O) groups is 1. The number of carbonyl (C=O) groups excluding carboxylic acids is 1. The second kappa shape index (κ2) is 8.13. The highest BCUT2D eigenvalue weighted by Gasteiger charge is 2.20. The fraction of sp³-hybridized carbons (Fsp3) is 0.533. The number of aliphatic hydroxyl groups excluding tert-OH is 1. The van der Waals surface area contributed by atoms with Gasteiger partial charge in [0.1, 0.15) is 0 Å². The summed E-state index contributed by atoms with van der Waals surface area (Å²) in [4.78, 5) is 16.0. The standard InChI is InChI=1S/C15H20Cl2N2O3/c1-18(9-12(20)10-19-4-6-22-7-5-19)15(21)13-8-11(16)2-3-14(13)17/h2-3,8,12,20H,4-7,9-10H2,1H3. The van der Waals surface area contributed by atoms with Crippen molar-refractivity contribution >= 4 is 29.1 Å². The summed E-state index contributed by atoms with van der Waals surface area (Å²) in [6.45, 7) is 3.71. The quantitative estimate of drug-likeness (QED) is 0.882. The molecule has 0 aliphatic carbocycles. The van der Waals surface area contributed by atoms with Gasteiger partial charge in [0.2, 0.25) is 0 Å². The average molecular weight is 347 g/mol. The van der Waals surface area contributed by atoms with E-state index in [1.165, 1.54) is 11.0 Å². The maximum Gasteiger partial charge on any atom is 0.255 e. The third kappa shape index (κ3) is 4.83. The predicted molar refractivity (Wildman–Crippen MR) is 86.7 cm³/mol. The molecule has 1 saturated heterocycles. The first-order chi connectivity index (χ1) is 10.5. The minimum Gasteiger partial charge on any atom is -0.390 e. The summed E-state index contributed by atoms with van der Waals surface area (Å²) in [5.41, 5.74) is 0.343. The van der Waals surface area contributed by atoms with Crippen molar-refractivity contribution in [3.05, 3.63) is 33.8 Å². The van der Waals surface area contributed by atoms with Gasteiger partial charge >= 0.3 is 0 Å². The van der Waals surface area contributed by atoms with Gasteiger partial charge in [-0.15, -0.1) is 0 Å². The molecule has 2 rings (SSSR count). The molecule has 1 atom stereocenters. The first-order valence-electron chi connectivity index (χ1n) is 7.16. The Labute approximate surface area is 140 Å². The highest BCUT2D eigenvalue weighted by molar-refractivity contribution is 6.35. The van der Waals surface area contributed by atoms with Crippen LogP contribution >= 0.6 is 23.2 Å². The molecule has 122 valence electrons. The number of amides is 1. The monoisotopic (exact) mass is 346 g/mol. The van der Waals surface area contributed by atoms with E-state index >= 15 is 0 Å². The van der Waals surface area contributed by atoms with E-state index in [1.807, 2.05) is 0 Å². The zero-order chi connectivity index (χ0) is 16.1. The molecule has 0 radical (unpaired) electrons. The molecule has 1 N–H and O–H groups in total. The van der Waals surface area contributed by atoms with Gasteiger partial charge in [0.15, 0.2) is 0 Å². The van der Waals surface area contributed by atoms with Gasteiger partial charge in [-0.2, -0.15) is 0 Å². The zero-order valence-corrected chi connectivity index (χ0v) is 14.0. The maximum atomic E-state index is 12.4. The van der Waals surface area contributed by atoms with E-state index in [1.54, 1.807) is 19.2 Å². The first kappa shape index (κ1) is 17.5. The normalized spacial score (nSPS) is 17.3. The number of halogens is 2. The van der Waals surface area contributed by atoms with Crippen molar-refractivity contribution in [1.82, 2.24) is 9.80 Å². The average Bonchev–Trinajstić information content (AvgIpc) is 2.49. The number of benzene rings is 1. The van der Waals surface area contributed by atoms with Crippen LogP contribution in [-0.2, 0) is 4.74 Å². The summed E-state index contributed by atoms with van der Waals surface area (Å²) in [7, 11) is 1.64. The molecular weight excluding hydrogens is 327 g/mol. The number of ether oxygens (including phenoxy) is 1. The molecule has 0 bridgehead atoms. The molecule has 1 aromatic carbocycles. The number of morpholine rings is 1. The molecule has 0 spiro atoms. The lowest BCUT2D eigenvalue weighted by Crippen LogP contribution is -2.45. The lowest BCUT2D eigenvalue weighted by atomic mass is 10.2.